The van der Waals surface area contributed by atoms with Crippen LogP contribution in [0.2, 0.25) is 0 Å². The molecule has 0 amide bonds. The number of rotatable bonds is 5. The molecule has 0 aliphatic rings. The Hall–Kier alpha value is -1.87. The first-order valence-corrected chi connectivity index (χ1v) is 9.28. The summed E-state index contributed by atoms with van der Waals surface area (Å²) in [5.41, 5.74) is -3.15. The SMILES string of the molecule is CC(C)C(C(F)(F)F)P(=O)(C(=O)c1ccccc1)c1ccccc1. The van der Waals surface area contributed by atoms with Crippen LogP contribution in [-0.2, 0) is 4.57 Å². The van der Waals surface area contributed by atoms with E-state index in [4.69, 9.17) is 0 Å². The van der Waals surface area contributed by atoms with E-state index in [-0.39, 0.29) is 10.9 Å². The zero-order chi connectivity index (χ0) is 18.0. The van der Waals surface area contributed by atoms with Crippen molar-refractivity contribution in [3.8, 4) is 0 Å². The molecule has 0 fully saturated rings. The molecule has 2 aromatic carbocycles. The Labute approximate surface area is 139 Å². The number of carbonyl (C=O) groups excluding carboxylic acids is 1. The second kappa shape index (κ2) is 6.94. The third-order valence-electron chi connectivity index (χ3n) is 3.82. The fourth-order valence-electron chi connectivity index (χ4n) is 2.83. The first kappa shape index (κ1) is 18.5. The zero-order valence-corrected chi connectivity index (χ0v) is 14.2. The Kier molecular flexibility index (Phi) is 5.34. The molecular formula is C18H18F3O2P. The van der Waals surface area contributed by atoms with Gasteiger partial charge in [-0.3, -0.25) is 4.79 Å². The van der Waals surface area contributed by atoms with Crippen LogP contribution in [0.25, 0.3) is 0 Å². The van der Waals surface area contributed by atoms with Crippen LogP contribution in [0, 0.1) is 5.92 Å². The average molecular weight is 354 g/mol. The minimum atomic E-state index is -4.75. The van der Waals surface area contributed by atoms with Crippen LogP contribution < -0.4 is 5.30 Å². The fraction of sp³-hybridized carbons (Fsp3) is 0.278. The molecular weight excluding hydrogens is 336 g/mol. The van der Waals surface area contributed by atoms with Gasteiger partial charge in [-0.05, 0) is 5.92 Å². The van der Waals surface area contributed by atoms with Crippen LogP contribution in [0.4, 0.5) is 13.2 Å². The van der Waals surface area contributed by atoms with E-state index >= 15 is 0 Å². The molecule has 2 rings (SSSR count). The van der Waals surface area contributed by atoms with E-state index in [1.54, 1.807) is 24.3 Å². The van der Waals surface area contributed by atoms with E-state index < -0.39 is 30.4 Å². The Bertz CT molecular complexity index is 740. The summed E-state index contributed by atoms with van der Waals surface area (Å²) in [5.74, 6) is -0.997. The van der Waals surface area contributed by atoms with E-state index in [2.05, 4.69) is 0 Å². The smallest absolute Gasteiger partial charge is 0.310 e. The van der Waals surface area contributed by atoms with Crippen molar-refractivity contribution in [2.45, 2.75) is 25.7 Å². The van der Waals surface area contributed by atoms with Crippen molar-refractivity contribution in [1.82, 2.24) is 0 Å². The van der Waals surface area contributed by atoms with Gasteiger partial charge in [-0.15, -0.1) is 0 Å². The maximum Gasteiger partial charge on any atom is 0.399 e. The van der Waals surface area contributed by atoms with Gasteiger partial charge in [0.25, 0.3) is 0 Å². The molecule has 0 saturated carbocycles. The topological polar surface area (TPSA) is 34.1 Å². The molecule has 0 spiro atoms. The van der Waals surface area contributed by atoms with Crippen LogP contribution in [0.5, 0.6) is 0 Å². The Morgan fingerprint density at radius 3 is 1.79 bits per heavy atom. The molecule has 6 heteroatoms. The van der Waals surface area contributed by atoms with Gasteiger partial charge >= 0.3 is 6.18 Å². The monoisotopic (exact) mass is 354 g/mol. The maximum atomic E-state index is 13.7. The number of carbonyl (C=O) groups is 1. The highest BCUT2D eigenvalue weighted by Gasteiger charge is 2.57. The summed E-state index contributed by atoms with van der Waals surface area (Å²) < 4.78 is 54.7. The third-order valence-corrected chi connectivity index (χ3v) is 7.42. The van der Waals surface area contributed by atoms with Gasteiger partial charge in [0.2, 0.25) is 5.52 Å². The highest BCUT2D eigenvalue weighted by molar-refractivity contribution is 7.88. The lowest BCUT2D eigenvalue weighted by Crippen LogP contribution is -2.39. The summed E-state index contributed by atoms with van der Waals surface area (Å²) in [5, 5.41) is -0.0603. The van der Waals surface area contributed by atoms with E-state index in [0.29, 0.717) is 0 Å². The summed E-state index contributed by atoms with van der Waals surface area (Å²) in [6, 6.07) is 14.8. The Balaban J connectivity index is 2.71. The molecule has 2 nitrogen and oxygen atoms in total. The van der Waals surface area contributed by atoms with Crippen LogP contribution >= 0.6 is 7.14 Å². The summed E-state index contributed by atoms with van der Waals surface area (Å²) in [6.07, 6.45) is -4.75. The van der Waals surface area contributed by atoms with Crippen molar-refractivity contribution in [2.24, 2.45) is 5.92 Å². The molecule has 0 saturated heterocycles. The van der Waals surface area contributed by atoms with Crippen LogP contribution in [-0.4, -0.2) is 17.4 Å². The molecule has 24 heavy (non-hydrogen) atoms. The quantitative estimate of drug-likeness (QED) is 0.700. The lowest BCUT2D eigenvalue weighted by atomic mass is 10.1. The van der Waals surface area contributed by atoms with E-state index in [1.165, 1.54) is 50.2 Å². The standard InChI is InChI=1S/C18H18F3O2P/c1-13(2)16(18(19,20)21)24(23,15-11-7-4-8-12-15)17(22)14-9-5-3-6-10-14/h3-13,16H,1-2H3. The van der Waals surface area contributed by atoms with Gasteiger partial charge in [-0.2, -0.15) is 13.2 Å². The van der Waals surface area contributed by atoms with Gasteiger partial charge in [0.1, 0.15) is 5.66 Å². The van der Waals surface area contributed by atoms with Crippen molar-refractivity contribution in [3.05, 3.63) is 66.2 Å². The molecule has 2 aromatic rings. The molecule has 2 atom stereocenters. The predicted molar refractivity (Wildman–Crippen MR) is 89.1 cm³/mol. The lowest BCUT2D eigenvalue weighted by Gasteiger charge is -2.31. The molecule has 0 aliphatic carbocycles. The Morgan fingerprint density at radius 1 is 0.917 bits per heavy atom. The molecule has 0 bridgehead atoms. The summed E-state index contributed by atoms with van der Waals surface area (Å²) in [6.45, 7) is 2.68. The van der Waals surface area contributed by atoms with E-state index in [0.717, 1.165) is 0 Å². The minimum absolute atomic E-state index is 0.0274. The second-order valence-electron chi connectivity index (χ2n) is 5.90. The van der Waals surface area contributed by atoms with Gasteiger partial charge < -0.3 is 4.57 Å². The molecule has 0 heterocycles. The highest BCUT2D eigenvalue weighted by Crippen LogP contribution is 2.59. The van der Waals surface area contributed by atoms with Crippen LogP contribution in [0.1, 0.15) is 24.2 Å². The maximum absolute atomic E-state index is 13.7. The van der Waals surface area contributed by atoms with Crippen molar-refractivity contribution < 1.29 is 22.5 Å². The van der Waals surface area contributed by atoms with Crippen molar-refractivity contribution in [2.75, 3.05) is 0 Å². The van der Waals surface area contributed by atoms with Crippen LogP contribution in [0.3, 0.4) is 0 Å². The molecule has 0 aliphatic heterocycles. The first-order chi connectivity index (χ1) is 11.2. The largest absolute Gasteiger partial charge is 0.399 e. The highest BCUT2D eigenvalue weighted by atomic mass is 31.2. The summed E-state index contributed by atoms with van der Waals surface area (Å²) in [7, 11) is -4.44. The van der Waals surface area contributed by atoms with Crippen molar-refractivity contribution >= 4 is 18.0 Å². The van der Waals surface area contributed by atoms with Gasteiger partial charge in [-0.25, -0.2) is 0 Å². The summed E-state index contributed by atoms with van der Waals surface area (Å²) >= 11 is 0. The minimum Gasteiger partial charge on any atom is -0.310 e. The Morgan fingerprint density at radius 2 is 1.38 bits per heavy atom. The predicted octanol–water partition coefficient (Wildman–Crippen LogP) is 5.10. The molecule has 2 unspecified atom stereocenters. The van der Waals surface area contributed by atoms with Gasteiger partial charge in [0.05, 0.1) is 0 Å². The third kappa shape index (κ3) is 3.46. The second-order valence-corrected chi connectivity index (χ2v) is 8.69. The lowest BCUT2D eigenvalue weighted by molar-refractivity contribution is -0.137. The normalized spacial score (nSPS) is 15.8. The fourth-order valence-corrected chi connectivity index (χ4v) is 6.04. The number of hydrogen-bond donors (Lipinski definition) is 0. The zero-order valence-electron chi connectivity index (χ0n) is 13.3. The number of hydrogen-bond acceptors (Lipinski definition) is 2. The average Bonchev–Trinajstić information content (AvgIpc) is 2.54. The van der Waals surface area contributed by atoms with Crippen LogP contribution in [0.15, 0.2) is 60.7 Å². The molecule has 0 aromatic heterocycles. The van der Waals surface area contributed by atoms with E-state index in [9.17, 15) is 22.5 Å². The number of halogens is 3. The van der Waals surface area contributed by atoms with Gasteiger partial charge in [-0.1, -0.05) is 74.5 Å². The van der Waals surface area contributed by atoms with E-state index in [1.807, 2.05) is 0 Å². The first-order valence-electron chi connectivity index (χ1n) is 7.51. The summed E-state index contributed by atoms with van der Waals surface area (Å²) in [4.78, 5) is 12.9. The van der Waals surface area contributed by atoms with Gasteiger partial charge in [0.15, 0.2) is 7.14 Å². The number of benzene rings is 2. The number of alkyl halides is 3. The van der Waals surface area contributed by atoms with Crippen molar-refractivity contribution in [3.63, 3.8) is 0 Å². The van der Waals surface area contributed by atoms with Gasteiger partial charge in [0, 0.05) is 10.9 Å². The van der Waals surface area contributed by atoms with Crippen molar-refractivity contribution in [1.29, 1.82) is 0 Å². The molecule has 128 valence electrons. The molecule has 0 radical (unpaired) electrons. The molecule has 0 N–H and O–H groups in total.